The molecular weight excluding hydrogens is 619 g/mol. The van der Waals surface area contributed by atoms with Gasteiger partial charge in [-0.25, -0.2) is 0 Å². The van der Waals surface area contributed by atoms with Gasteiger partial charge in [-0.2, -0.15) is 0 Å². The molecule has 0 amide bonds. The van der Waals surface area contributed by atoms with Crippen LogP contribution in [0.3, 0.4) is 0 Å². The van der Waals surface area contributed by atoms with Crippen LogP contribution in [0.1, 0.15) is 68.9 Å². The van der Waals surface area contributed by atoms with E-state index in [4.69, 9.17) is 4.42 Å². The van der Waals surface area contributed by atoms with E-state index in [1.54, 1.807) is 0 Å². The molecule has 0 radical (unpaired) electrons. The van der Waals surface area contributed by atoms with E-state index in [1.165, 1.54) is 50.1 Å². The number of furan rings is 1. The second-order valence-corrected chi connectivity index (χ2v) is 16.0. The summed E-state index contributed by atoms with van der Waals surface area (Å²) in [5.41, 5.74) is 16.9. The third kappa shape index (κ3) is 4.23. The molecule has 0 N–H and O–H groups in total. The third-order valence-corrected chi connectivity index (χ3v) is 12.3. The third-order valence-electron chi connectivity index (χ3n) is 12.3. The maximum atomic E-state index is 6.72. The molecule has 0 saturated carbocycles. The molecule has 248 valence electrons. The summed E-state index contributed by atoms with van der Waals surface area (Å²) in [6, 6.07) is 45.3. The number of hydrogen-bond donors (Lipinski definition) is 0. The first kappa shape index (κ1) is 30.2. The van der Waals surface area contributed by atoms with Gasteiger partial charge in [0.1, 0.15) is 11.2 Å². The van der Waals surface area contributed by atoms with E-state index in [1.807, 2.05) is 0 Å². The van der Waals surface area contributed by atoms with Gasteiger partial charge >= 0.3 is 0 Å². The van der Waals surface area contributed by atoms with Gasteiger partial charge in [-0.05, 0) is 99.0 Å². The van der Waals surface area contributed by atoms with Crippen molar-refractivity contribution in [3.8, 4) is 22.3 Å². The average molecular weight is 660 g/mol. The smallest absolute Gasteiger partial charge is 0.137 e. The highest BCUT2D eigenvalue weighted by Gasteiger charge is 2.38. The quantitative estimate of drug-likeness (QED) is 0.187. The van der Waals surface area contributed by atoms with E-state index < -0.39 is 0 Å². The Balaban J connectivity index is 1.28. The van der Waals surface area contributed by atoms with E-state index in [9.17, 15) is 0 Å². The van der Waals surface area contributed by atoms with E-state index in [-0.39, 0.29) is 16.2 Å². The summed E-state index contributed by atoms with van der Waals surface area (Å²) >= 11 is 0. The van der Waals surface area contributed by atoms with Gasteiger partial charge in [-0.1, -0.05) is 138 Å². The van der Waals surface area contributed by atoms with Crippen molar-refractivity contribution >= 4 is 39.0 Å². The molecule has 2 heteroatoms. The van der Waals surface area contributed by atoms with Crippen LogP contribution in [0.5, 0.6) is 0 Å². The van der Waals surface area contributed by atoms with Gasteiger partial charge in [-0.3, -0.25) is 0 Å². The molecule has 51 heavy (non-hydrogen) atoms. The lowest BCUT2D eigenvalue weighted by atomic mass is 9.77. The Labute approximate surface area is 300 Å². The molecule has 0 fully saturated rings. The van der Waals surface area contributed by atoms with E-state index in [0.717, 1.165) is 45.4 Å². The zero-order valence-electron chi connectivity index (χ0n) is 29.9. The number of anilines is 3. The van der Waals surface area contributed by atoms with E-state index in [0.29, 0.717) is 0 Å². The normalized spacial score (nSPS) is 18.8. The fourth-order valence-electron chi connectivity index (χ4n) is 9.37. The van der Waals surface area contributed by atoms with Crippen molar-refractivity contribution in [1.82, 2.24) is 0 Å². The Kier molecular flexibility index (Phi) is 6.20. The first-order chi connectivity index (χ1) is 24.6. The Morgan fingerprint density at radius 1 is 0.529 bits per heavy atom. The molecule has 0 bridgehead atoms. The monoisotopic (exact) mass is 659 g/mol. The summed E-state index contributed by atoms with van der Waals surface area (Å²) in [5, 5.41) is 2.27. The number of hydrogen-bond acceptors (Lipinski definition) is 2. The van der Waals surface area contributed by atoms with Crippen LogP contribution in [-0.2, 0) is 16.2 Å². The maximum absolute atomic E-state index is 6.72. The number of fused-ring (bicyclic) bond motifs is 9. The number of benzene rings is 6. The van der Waals surface area contributed by atoms with Crippen molar-refractivity contribution < 1.29 is 4.42 Å². The lowest BCUT2D eigenvalue weighted by Crippen LogP contribution is -2.21. The largest absolute Gasteiger partial charge is 0.456 e. The fraction of sp³-hybridized carbons (Fsp3) is 0.184. The average Bonchev–Trinajstić information content (AvgIpc) is 3.72. The number of nitrogens with zero attached hydrogens (tertiary/aromatic N) is 1. The van der Waals surface area contributed by atoms with Gasteiger partial charge in [0.25, 0.3) is 0 Å². The minimum atomic E-state index is -0.161. The molecule has 6 aromatic carbocycles. The van der Waals surface area contributed by atoms with E-state index >= 15 is 0 Å². The summed E-state index contributed by atoms with van der Waals surface area (Å²) in [4.78, 5) is 2.51. The maximum Gasteiger partial charge on any atom is 0.137 e. The van der Waals surface area contributed by atoms with Crippen LogP contribution >= 0.6 is 0 Å². The fourth-order valence-corrected chi connectivity index (χ4v) is 9.37. The molecule has 3 aliphatic rings. The molecule has 0 saturated heterocycles. The van der Waals surface area contributed by atoms with Crippen molar-refractivity contribution in [3.05, 3.63) is 173 Å². The zero-order valence-corrected chi connectivity index (χ0v) is 29.9. The molecule has 1 unspecified atom stereocenters. The molecule has 0 spiro atoms. The predicted octanol–water partition coefficient (Wildman–Crippen LogP) is 13.4. The van der Waals surface area contributed by atoms with Crippen molar-refractivity contribution in [2.45, 2.75) is 57.3 Å². The van der Waals surface area contributed by atoms with Gasteiger partial charge in [0.15, 0.2) is 0 Å². The van der Waals surface area contributed by atoms with Crippen molar-refractivity contribution in [1.29, 1.82) is 0 Å². The summed E-state index contributed by atoms with van der Waals surface area (Å²) < 4.78 is 6.72. The SMILES string of the molecule is CC1(c2cc(N(c3ccc4c(c3)C(C)(C)c3ccccc3-4)c3ccc4c(c3)C(C)(C)c3ccccc3-4)c3c(c2)oc2ccccc23)C=CC=CC1. The van der Waals surface area contributed by atoms with Crippen LogP contribution in [0.4, 0.5) is 17.1 Å². The van der Waals surface area contributed by atoms with Gasteiger partial charge in [0.05, 0.1) is 11.1 Å². The highest BCUT2D eigenvalue weighted by molar-refractivity contribution is 6.14. The van der Waals surface area contributed by atoms with Crippen molar-refractivity contribution in [2.24, 2.45) is 0 Å². The highest BCUT2D eigenvalue weighted by Crippen LogP contribution is 2.54. The standard InChI is InChI=1S/C49H41NO/c1-47(2)39-18-10-7-15-34(39)36-23-21-32(29-41(36)47)50(33-22-24-37-35-16-8-11-19-40(35)48(3,4)42(37)30-33)43-27-31(49(5)25-13-6-14-26-49)28-45-46(43)38-17-9-12-20-44(38)51-45/h6-25,27-30H,26H2,1-5H3. The second-order valence-electron chi connectivity index (χ2n) is 16.0. The molecule has 7 aromatic rings. The molecule has 2 nitrogen and oxygen atoms in total. The van der Waals surface area contributed by atoms with Gasteiger partial charge < -0.3 is 9.32 Å². The molecule has 0 aliphatic heterocycles. The first-order valence-corrected chi connectivity index (χ1v) is 18.2. The van der Waals surface area contributed by atoms with Crippen molar-refractivity contribution in [3.63, 3.8) is 0 Å². The number of para-hydroxylation sites is 1. The van der Waals surface area contributed by atoms with Crippen LogP contribution in [-0.4, -0.2) is 0 Å². The molecule has 1 aromatic heterocycles. The van der Waals surface area contributed by atoms with Crippen LogP contribution < -0.4 is 4.90 Å². The van der Waals surface area contributed by atoms with E-state index in [2.05, 4.69) is 185 Å². The first-order valence-electron chi connectivity index (χ1n) is 18.2. The molecule has 1 atom stereocenters. The van der Waals surface area contributed by atoms with Crippen molar-refractivity contribution in [2.75, 3.05) is 4.90 Å². The Bertz CT molecular complexity index is 2540. The summed E-state index contributed by atoms with van der Waals surface area (Å²) in [5.74, 6) is 0. The van der Waals surface area contributed by atoms with Gasteiger partial charge in [0.2, 0.25) is 0 Å². The van der Waals surface area contributed by atoms with Crippen LogP contribution in [0, 0.1) is 0 Å². The van der Waals surface area contributed by atoms with Crippen LogP contribution in [0.15, 0.2) is 150 Å². The zero-order chi connectivity index (χ0) is 34.7. The van der Waals surface area contributed by atoms with Crippen LogP contribution in [0.2, 0.25) is 0 Å². The molecular formula is C49H41NO. The van der Waals surface area contributed by atoms with Gasteiger partial charge in [0, 0.05) is 33.0 Å². The minimum absolute atomic E-state index is 0.124. The Hall–Kier alpha value is -5.60. The van der Waals surface area contributed by atoms with Crippen LogP contribution in [0.25, 0.3) is 44.2 Å². The summed E-state index contributed by atoms with van der Waals surface area (Å²) in [6.07, 6.45) is 9.90. The molecule has 10 rings (SSSR count). The topological polar surface area (TPSA) is 16.4 Å². The summed E-state index contributed by atoms with van der Waals surface area (Å²) in [7, 11) is 0. The summed E-state index contributed by atoms with van der Waals surface area (Å²) in [6.45, 7) is 11.8. The lowest BCUT2D eigenvalue weighted by molar-refractivity contribution is 0.597. The minimum Gasteiger partial charge on any atom is -0.456 e. The Morgan fingerprint density at radius 3 is 1.71 bits per heavy atom. The lowest BCUT2D eigenvalue weighted by Gasteiger charge is -2.32. The molecule has 3 aliphatic carbocycles. The Morgan fingerprint density at radius 2 is 1.10 bits per heavy atom. The van der Waals surface area contributed by atoms with Gasteiger partial charge in [-0.15, -0.1) is 0 Å². The number of rotatable bonds is 4. The molecule has 1 heterocycles. The second kappa shape index (κ2) is 10.5. The highest BCUT2D eigenvalue weighted by atomic mass is 16.3. The number of allylic oxidation sites excluding steroid dienone is 4. The predicted molar refractivity (Wildman–Crippen MR) is 214 cm³/mol.